The summed E-state index contributed by atoms with van der Waals surface area (Å²) in [6.45, 7) is 2.04. The van der Waals surface area contributed by atoms with Gasteiger partial charge in [-0.15, -0.1) is 0 Å². The van der Waals surface area contributed by atoms with Gasteiger partial charge in [0.1, 0.15) is 0 Å². The number of thiocarbonyl (C=S) groups is 1. The zero-order valence-corrected chi connectivity index (χ0v) is 14.1. The number of benzene rings is 2. The molecule has 2 aromatic carbocycles. The first-order valence-electron chi connectivity index (χ1n) is 7.01. The number of rotatable bonds is 5. The Balaban J connectivity index is 1.93. The molecule has 0 aliphatic heterocycles. The maximum Gasteiger partial charge on any atom is 0.191 e. The Kier molecular flexibility index (Phi) is 5.94. The van der Waals surface area contributed by atoms with E-state index in [2.05, 4.69) is 15.8 Å². The van der Waals surface area contributed by atoms with Crippen molar-refractivity contribution in [2.75, 3.05) is 19.5 Å². The van der Waals surface area contributed by atoms with Crippen molar-refractivity contribution < 1.29 is 9.47 Å². The molecule has 0 aliphatic rings. The summed E-state index contributed by atoms with van der Waals surface area (Å²) in [5.74, 6) is 1.32. The van der Waals surface area contributed by atoms with E-state index in [1.807, 2.05) is 49.4 Å². The zero-order valence-electron chi connectivity index (χ0n) is 13.3. The third-order valence-electron chi connectivity index (χ3n) is 3.10. The molecule has 0 saturated heterocycles. The maximum atomic E-state index is 5.25. The smallest absolute Gasteiger partial charge is 0.191 e. The fraction of sp³-hybridized carbons (Fsp3) is 0.176. The SMILES string of the molecule is COc1ccc(/C=N\NC(=S)Nc2ccc(C)cc2)cc1OC. The molecule has 0 aliphatic carbocycles. The Morgan fingerprint density at radius 3 is 2.39 bits per heavy atom. The molecule has 0 heterocycles. The minimum atomic E-state index is 0.422. The van der Waals surface area contributed by atoms with Gasteiger partial charge in [-0.05, 0) is 55.0 Å². The van der Waals surface area contributed by atoms with E-state index < -0.39 is 0 Å². The Morgan fingerprint density at radius 2 is 1.74 bits per heavy atom. The molecule has 0 fully saturated rings. The Morgan fingerprint density at radius 1 is 1.04 bits per heavy atom. The van der Waals surface area contributed by atoms with Crippen LogP contribution in [0.5, 0.6) is 11.5 Å². The van der Waals surface area contributed by atoms with Crippen LogP contribution in [0.1, 0.15) is 11.1 Å². The normalized spacial score (nSPS) is 10.4. The van der Waals surface area contributed by atoms with E-state index >= 15 is 0 Å². The predicted molar refractivity (Wildman–Crippen MR) is 97.7 cm³/mol. The standard InChI is InChI=1S/C17H19N3O2S/c1-12-4-7-14(8-5-12)19-17(23)20-18-11-13-6-9-15(21-2)16(10-13)22-3/h4-11H,1-3H3,(H2,19,20,23)/b18-11-. The van der Waals surface area contributed by atoms with Crippen molar-refractivity contribution in [1.29, 1.82) is 0 Å². The molecule has 2 aromatic rings. The number of nitrogens with one attached hydrogen (secondary N) is 2. The number of ether oxygens (including phenoxy) is 2. The molecule has 0 aromatic heterocycles. The highest BCUT2D eigenvalue weighted by molar-refractivity contribution is 7.80. The van der Waals surface area contributed by atoms with Gasteiger partial charge in [-0.1, -0.05) is 17.7 Å². The molecule has 0 unspecified atom stereocenters. The zero-order chi connectivity index (χ0) is 16.7. The van der Waals surface area contributed by atoms with Gasteiger partial charge >= 0.3 is 0 Å². The summed E-state index contributed by atoms with van der Waals surface area (Å²) >= 11 is 5.19. The van der Waals surface area contributed by atoms with Crippen LogP contribution in [0.25, 0.3) is 0 Å². The molecule has 0 atom stereocenters. The van der Waals surface area contributed by atoms with Crippen LogP contribution in [0.3, 0.4) is 0 Å². The van der Waals surface area contributed by atoms with E-state index in [0.29, 0.717) is 16.6 Å². The maximum absolute atomic E-state index is 5.25. The van der Waals surface area contributed by atoms with Crippen molar-refractivity contribution in [2.24, 2.45) is 5.10 Å². The first kappa shape index (κ1) is 16.8. The third-order valence-corrected chi connectivity index (χ3v) is 3.29. The molecule has 2 N–H and O–H groups in total. The number of hydrogen-bond donors (Lipinski definition) is 2. The van der Waals surface area contributed by atoms with Crippen LogP contribution in [0.15, 0.2) is 47.6 Å². The second-order valence-corrected chi connectivity index (χ2v) is 5.21. The largest absolute Gasteiger partial charge is 0.493 e. The van der Waals surface area contributed by atoms with E-state index in [1.54, 1.807) is 20.4 Å². The summed E-state index contributed by atoms with van der Waals surface area (Å²) in [5.41, 5.74) is 5.75. The molecular formula is C17H19N3O2S. The Hall–Kier alpha value is -2.60. The van der Waals surface area contributed by atoms with E-state index in [0.717, 1.165) is 11.3 Å². The number of hydrogen-bond acceptors (Lipinski definition) is 4. The first-order chi connectivity index (χ1) is 11.1. The minimum Gasteiger partial charge on any atom is -0.493 e. The number of anilines is 1. The lowest BCUT2D eigenvalue weighted by atomic mass is 10.2. The van der Waals surface area contributed by atoms with Crippen LogP contribution in [-0.4, -0.2) is 25.5 Å². The van der Waals surface area contributed by atoms with Crippen LogP contribution in [0.4, 0.5) is 5.69 Å². The molecule has 6 heteroatoms. The van der Waals surface area contributed by atoms with Crippen molar-refractivity contribution in [3.63, 3.8) is 0 Å². The number of aryl methyl sites for hydroxylation is 1. The summed E-state index contributed by atoms with van der Waals surface area (Å²) in [6.07, 6.45) is 1.66. The number of hydrazone groups is 1. The highest BCUT2D eigenvalue weighted by Crippen LogP contribution is 2.26. The van der Waals surface area contributed by atoms with Crippen LogP contribution in [-0.2, 0) is 0 Å². The monoisotopic (exact) mass is 329 g/mol. The highest BCUT2D eigenvalue weighted by Gasteiger charge is 2.03. The molecule has 0 amide bonds. The van der Waals surface area contributed by atoms with Gasteiger partial charge < -0.3 is 14.8 Å². The van der Waals surface area contributed by atoms with E-state index in [4.69, 9.17) is 21.7 Å². The number of methoxy groups -OCH3 is 2. The summed E-state index contributed by atoms with van der Waals surface area (Å²) < 4.78 is 10.4. The Labute approximate surface area is 141 Å². The summed E-state index contributed by atoms with van der Waals surface area (Å²) in [4.78, 5) is 0. The molecule has 120 valence electrons. The lowest BCUT2D eigenvalue weighted by molar-refractivity contribution is 0.355. The molecule has 2 rings (SSSR count). The van der Waals surface area contributed by atoms with E-state index in [9.17, 15) is 0 Å². The van der Waals surface area contributed by atoms with Crippen LogP contribution >= 0.6 is 12.2 Å². The molecule has 5 nitrogen and oxygen atoms in total. The van der Waals surface area contributed by atoms with Gasteiger partial charge in [0.25, 0.3) is 0 Å². The summed E-state index contributed by atoms with van der Waals surface area (Å²) in [7, 11) is 3.19. The van der Waals surface area contributed by atoms with Gasteiger partial charge in [0.05, 0.1) is 20.4 Å². The van der Waals surface area contributed by atoms with Crippen molar-refractivity contribution >= 4 is 29.2 Å². The second-order valence-electron chi connectivity index (χ2n) is 4.80. The van der Waals surface area contributed by atoms with E-state index in [1.165, 1.54) is 5.56 Å². The van der Waals surface area contributed by atoms with E-state index in [-0.39, 0.29) is 0 Å². The third kappa shape index (κ3) is 4.96. The fourth-order valence-corrected chi connectivity index (χ4v) is 2.07. The van der Waals surface area contributed by atoms with Crippen molar-refractivity contribution in [1.82, 2.24) is 5.43 Å². The van der Waals surface area contributed by atoms with Crippen molar-refractivity contribution in [3.8, 4) is 11.5 Å². The molecule has 0 saturated carbocycles. The summed E-state index contributed by atoms with van der Waals surface area (Å²) in [6, 6.07) is 13.5. The van der Waals surface area contributed by atoms with Crippen molar-refractivity contribution in [2.45, 2.75) is 6.92 Å². The summed E-state index contributed by atoms with van der Waals surface area (Å²) in [5, 5.41) is 7.59. The minimum absolute atomic E-state index is 0.422. The van der Waals surface area contributed by atoms with Gasteiger partial charge in [0, 0.05) is 5.69 Å². The molecule has 0 bridgehead atoms. The van der Waals surface area contributed by atoms with Gasteiger partial charge in [-0.3, -0.25) is 5.43 Å². The quantitative estimate of drug-likeness (QED) is 0.501. The van der Waals surface area contributed by atoms with Gasteiger partial charge in [0.15, 0.2) is 16.6 Å². The van der Waals surface area contributed by atoms with Crippen LogP contribution in [0.2, 0.25) is 0 Å². The average molecular weight is 329 g/mol. The second kappa shape index (κ2) is 8.14. The fourth-order valence-electron chi connectivity index (χ4n) is 1.89. The molecule has 0 radical (unpaired) electrons. The average Bonchev–Trinajstić information content (AvgIpc) is 2.56. The van der Waals surface area contributed by atoms with Crippen LogP contribution in [0, 0.1) is 6.92 Å². The first-order valence-corrected chi connectivity index (χ1v) is 7.42. The highest BCUT2D eigenvalue weighted by atomic mass is 32.1. The molecule has 23 heavy (non-hydrogen) atoms. The Bertz CT molecular complexity index is 699. The lowest BCUT2D eigenvalue weighted by Gasteiger charge is -2.08. The molecule has 0 spiro atoms. The van der Waals surface area contributed by atoms with Gasteiger partial charge in [-0.2, -0.15) is 5.10 Å². The van der Waals surface area contributed by atoms with Gasteiger partial charge in [0.2, 0.25) is 0 Å². The number of nitrogens with zero attached hydrogens (tertiary/aromatic N) is 1. The topological polar surface area (TPSA) is 54.9 Å². The van der Waals surface area contributed by atoms with Crippen molar-refractivity contribution in [3.05, 3.63) is 53.6 Å². The van der Waals surface area contributed by atoms with Crippen LogP contribution < -0.4 is 20.2 Å². The van der Waals surface area contributed by atoms with Gasteiger partial charge in [-0.25, -0.2) is 0 Å². The predicted octanol–water partition coefficient (Wildman–Crippen LogP) is 3.33. The lowest BCUT2D eigenvalue weighted by Crippen LogP contribution is -2.23. The molecular weight excluding hydrogens is 310 g/mol.